The smallest absolute Gasteiger partial charge is 0.253 e. The predicted octanol–water partition coefficient (Wildman–Crippen LogP) is 3.92. The molecule has 2 aromatic rings. The lowest BCUT2D eigenvalue weighted by molar-refractivity contribution is 0.0650. The van der Waals surface area contributed by atoms with E-state index >= 15 is 0 Å². The van der Waals surface area contributed by atoms with Gasteiger partial charge in [-0.05, 0) is 29.8 Å². The van der Waals surface area contributed by atoms with Crippen LogP contribution in [0.5, 0.6) is 0 Å². The van der Waals surface area contributed by atoms with Crippen LogP contribution in [0, 0.1) is 0 Å². The molecule has 4 heteroatoms. The third-order valence-corrected chi connectivity index (χ3v) is 4.75. The van der Waals surface area contributed by atoms with Crippen molar-refractivity contribution in [2.45, 2.75) is 0 Å². The Kier molecular flexibility index (Phi) is 5.83. The number of nitrogens with zero attached hydrogens (tertiary/aromatic N) is 2. The Morgan fingerprint density at radius 3 is 2.29 bits per heavy atom. The molecule has 1 saturated heterocycles. The molecule has 0 radical (unpaired) electrons. The third-order valence-electron chi connectivity index (χ3n) is 4.22. The number of benzene rings is 2. The number of rotatable bonds is 4. The van der Waals surface area contributed by atoms with Crippen LogP contribution in [0.15, 0.2) is 65.1 Å². The zero-order chi connectivity index (χ0) is 16.8. The molecule has 1 heterocycles. The summed E-state index contributed by atoms with van der Waals surface area (Å²) >= 11 is 3.40. The highest BCUT2D eigenvalue weighted by atomic mass is 79.9. The first kappa shape index (κ1) is 16.9. The molecular formula is C20H21BrN2O. The van der Waals surface area contributed by atoms with Crippen LogP contribution < -0.4 is 0 Å². The van der Waals surface area contributed by atoms with Crippen molar-refractivity contribution >= 4 is 27.9 Å². The first-order valence-electron chi connectivity index (χ1n) is 8.21. The zero-order valence-electron chi connectivity index (χ0n) is 13.6. The second-order valence-electron chi connectivity index (χ2n) is 5.91. The second-order valence-corrected chi connectivity index (χ2v) is 6.83. The normalized spacial score (nSPS) is 15.8. The lowest BCUT2D eigenvalue weighted by Crippen LogP contribution is -2.48. The first-order valence-corrected chi connectivity index (χ1v) is 9.00. The first-order chi connectivity index (χ1) is 11.7. The van der Waals surface area contributed by atoms with Crippen LogP contribution in [-0.4, -0.2) is 48.4 Å². The van der Waals surface area contributed by atoms with Crippen molar-refractivity contribution in [1.29, 1.82) is 0 Å². The number of halogens is 1. The Morgan fingerprint density at radius 2 is 1.62 bits per heavy atom. The summed E-state index contributed by atoms with van der Waals surface area (Å²) in [6.45, 7) is 4.33. The summed E-state index contributed by atoms with van der Waals surface area (Å²) in [5.74, 6) is 0.127. The number of amides is 1. The molecule has 0 spiro atoms. The second kappa shape index (κ2) is 8.27. The maximum Gasteiger partial charge on any atom is 0.253 e. The van der Waals surface area contributed by atoms with E-state index in [1.165, 1.54) is 5.56 Å². The summed E-state index contributed by atoms with van der Waals surface area (Å²) in [5.41, 5.74) is 1.98. The molecule has 1 aliphatic heterocycles. The Bertz CT molecular complexity index is 689. The molecule has 0 bridgehead atoms. The molecule has 1 aliphatic rings. The Morgan fingerprint density at radius 1 is 0.958 bits per heavy atom. The van der Waals surface area contributed by atoms with Crippen LogP contribution in [-0.2, 0) is 0 Å². The molecule has 0 N–H and O–H groups in total. The van der Waals surface area contributed by atoms with Crippen LogP contribution in [0.2, 0.25) is 0 Å². The van der Waals surface area contributed by atoms with Crippen molar-refractivity contribution < 1.29 is 4.79 Å². The summed E-state index contributed by atoms with van der Waals surface area (Å²) in [4.78, 5) is 16.8. The minimum absolute atomic E-state index is 0.127. The quantitative estimate of drug-likeness (QED) is 0.797. The van der Waals surface area contributed by atoms with Gasteiger partial charge in [-0.25, -0.2) is 0 Å². The molecule has 0 aromatic heterocycles. The Balaban J connectivity index is 1.48. The van der Waals surface area contributed by atoms with E-state index in [-0.39, 0.29) is 5.91 Å². The molecule has 2 aromatic carbocycles. The van der Waals surface area contributed by atoms with Gasteiger partial charge in [0.1, 0.15) is 0 Å². The van der Waals surface area contributed by atoms with Crippen molar-refractivity contribution in [3.05, 3.63) is 76.3 Å². The fraction of sp³-hybridized carbons (Fsp3) is 0.250. The standard InChI is InChI=1S/C20H21BrN2O/c21-19-10-8-18(9-11-19)20(24)23-15-13-22(14-16-23)12-4-7-17-5-2-1-3-6-17/h1-11H,12-16H2/b7-4+. The van der Waals surface area contributed by atoms with Crippen LogP contribution in [0.4, 0.5) is 0 Å². The molecule has 1 amide bonds. The molecule has 24 heavy (non-hydrogen) atoms. The molecule has 3 rings (SSSR count). The van der Waals surface area contributed by atoms with Gasteiger partial charge in [0, 0.05) is 42.8 Å². The van der Waals surface area contributed by atoms with E-state index in [0.717, 1.165) is 42.8 Å². The number of piperazine rings is 1. The topological polar surface area (TPSA) is 23.6 Å². The van der Waals surface area contributed by atoms with Crippen LogP contribution >= 0.6 is 15.9 Å². The largest absolute Gasteiger partial charge is 0.336 e. The highest BCUT2D eigenvalue weighted by molar-refractivity contribution is 9.10. The van der Waals surface area contributed by atoms with E-state index in [9.17, 15) is 4.79 Å². The number of carbonyl (C=O) groups is 1. The monoisotopic (exact) mass is 384 g/mol. The van der Waals surface area contributed by atoms with Gasteiger partial charge in [-0.1, -0.05) is 58.4 Å². The fourth-order valence-electron chi connectivity index (χ4n) is 2.81. The summed E-state index contributed by atoms with van der Waals surface area (Å²) in [6.07, 6.45) is 4.35. The van der Waals surface area contributed by atoms with Gasteiger partial charge < -0.3 is 4.90 Å². The van der Waals surface area contributed by atoms with Crippen molar-refractivity contribution in [2.75, 3.05) is 32.7 Å². The molecule has 0 atom stereocenters. The van der Waals surface area contributed by atoms with Gasteiger partial charge in [0.05, 0.1) is 0 Å². The molecule has 124 valence electrons. The Hall–Kier alpha value is -1.91. The third kappa shape index (κ3) is 4.56. The predicted molar refractivity (Wildman–Crippen MR) is 102 cm³/mol. The highest BCUT2D eigenvalue weighted by Gasteiger charge is 2.21. The van der Waals surface area contributed by atoms with Crippen molar-refractivity contribution in [2.24, 2.45) is 0 Å². The van der Waals surface area contributed by atoms with Gasteiger partial charge >= 0.3 is 0 Å². The molecule has 0 unspecified atom stereocenters. The number of hydrogen-bond donors (Lipinski definition) is 0. The Labute approximate surface area is 151 Å². The van der Waals surface area contributed by atoms with E-state index in [2.05, 4.69) is 45.1 Å². The SMILES string of the molecule is O=C(c1ccc(Br)cc1)N1CCN(C/C=C/c2ccccc2)CC1. The molecule has 0 saturated carbocycles. The summed E-state index contributed by atoms with van der Waals surface area (Å²) in [5, 5.41) is 0. The van der Waals surface area contributed by atoms with E-state index in [1.807, 2.05) is 47.4 Å². The lowest BCUT2D eigenvalue weighted by atomic mass is 10.2. The van der Waals surface area contributed by atoms with Crippen molar-refractivity contribution in [1.82, 2.24) is 9.80 Å². The molecule has 1 fully saturated rings. The van der Waals surface area contributed by atoms with Gasteiger partial charge in [0.25, 0.3) is 5.91 Å². The highest BCUT2D eigenvalue weighted by Crippen LogP contribution is 2.13. The van der Waals surface area contributed by atoms with E-state index in [4.69, 9.17) is 0 Å². The van der Waals surface area contributed by atoms with Crippen LogP contribution in [0.3, 0.4) is 0 Å². The number of hydrogen-bond acceptors (Lipinski definition) is 2. The molecular weight excluding hydrogens is 364 g/mol. The van der Waals surface area contributed by atoms with Gasteiger partial charge in [0.15, 0.2) is 0 Å². The van der Waals surface area contributed by atoms with Crippen LogP contribution in [0.25, 0.3) is 6.08 Å². The van der Waals surface area contributed by atoms with Crippen molar-refractivity contribution in [3.63, 3.8) is 0 Å². The minimum atomic E-state index is 0.127. The van der Waals surface area contributed by atoms with Gasteiger partial charge in [-0.2, -0.15) is 0 Å². The molecule has 0 aliphatic carbocycles. The summed E-state index contributed by atoms with van der Waals surface area (Å²) in [6, 6.07) is 17.9. The maximum absolute atomic E-state index is 12.5. The summed E-state index contributed by atoms with van der Waals surface area (Å²) < 4.78 is 0.995. The molecule has 3 nitrogen and oxygen atoms in total. The van der Waals surface area contributed by atoms with E-state index in [1.54, 1.807) is 0 Å². The fourth-order valence-corrected chi connectivity index (χ4v) is 3.07. The van der Waals surface area contributed by atoms with Crippen LogP contribution in [0.1, 0.15) is 15.9 Å². The van der Waals surface area contributed by atoms with Gasteiger partial charge in [0.2, 0.25) is 0 Å². The maximum atomic E-state index is 12.5. The average molecular weight is 385 g/mol. The van der Waals surface area contributed by atoms with E-state index < -0.39 is 0 Å². The zero-order valence-corrected chi connectivity index (χ0v) is 15.2. The van der Waals surface area contributed by atoms with Crippen molar-refractivity contribution in [3.8, 4) is 0 Å². The van der Waals surface area contributed by atoms with Gasteiger partial charge in [-0.3, -0.25) is 9.69 Å². The van der Waals surface area contributed by atoms with E-state index in [0.29, 0.717) is 0 Å². The van der Waals surface area contributed by atoms with Gasteiger partial charge in [-0.15, -0.1) is 0 Å². The lowest BCUT2D eigenvalue weighted by Gasteiger charge is -2.34. The average Bonchev–Trinajstić information content (AvgIpc) is 2.63. The minimum Gasteiger partial charge on any atom is -0.336 e. The number of carbonyl (C=O) groups excluding carboxylic acids is 1. The summed E-state index contributed by atoms with van der Waals surface area (Å²) in [7, 11) is 0.